The van der Waals surface area contributed by atoms with Crippen LogP contribution in [0.3, 0.4) is 0 Å². The molecule has 0 spiro atoms. The van der Waals surface area contributed by atoms with Crippen molar-refractivity contribution in [1.82, 2.24) is 0 Å². The minimum absolute atomic E-state index is 0.633. The fraction of sp³-hybridized carbons (Fsp3) is 0.0769. The molecule has 0 aliphatic carbocycles. The second-order valence-corrected chi connectivity index (χ2v) is 4.25. The number of hydrogen-bond donors (Lipinski definition) is 2. The van der Waals surface area contributed by atoms with Gasteiger partial charge in [0.2, 0.25) is 0 Å². The minimum atomic E-state index is -0.736. The molecule has 2 nitrogen and oxygen atoms in total. The zero-order valence-electron chi connectivity index (χ0n) is 8.55. The van der Waals surface area contributed by atoms with Crippen molar-refractivity contribution < 1.29 is 5.11 Å². The zero-order chi connectivity index (χ0) is 11.4. The van der Waals surface area contributed by atoms with Crippen LogP contribution in [0.15, 0.2) is 41.8 Å². The number of aliphatic hydroxyl groups excluding tert-OH is 1. The summed E-state index contributed by atoms with van der Waals surface area (Å²) in [5.41, 5.74) is 7.12. The molecule has 0 saturated carbocycles. The van der Waals surface area contributed by atoms with Crippen molar-refractivity contribution in [1.29, 1.82) is 0 Å². The molecule has 1 heterocycles. The maximum absolute atomic E-state index is 9.76. The van der Waals surface area contributed by atoms with Crippen LogP contribution in [0, 0.1) is 11.8 Å². The molecule has 80 valence electrons. The topological polar surface area (TPSA) is 46.2 Å². The van der Waals surface area contributed by atoms with Crippen LogP contribution >= 0.6 is 11.3 Å². The van der Waals surface area contributed by atoms with Gasteiger partial charge >= 0.3 is 0 Å². The first-order chi connectivity index (χ1) is 7.77. The van der Waals surface area contributed by atoms with Gasteiger partial charge in [-0.1, -0.05) is 30.0 Å². The van der Waals surface area contributed by atoms with Crippen molar-refractivity contribution in [2.75, 3.05) is 5.73 Å². The normalized spacial score (nSPS) is 11.6. The maximum atomic E-state index is 9.76. The number of benzene rings is 1. The van der Waals surface area contributed by atoms with E-state index in [0.29, 0.717) is 5.69 Å². The quantitative estimate of drug-likeness (QED) is 0.582. The molecular formula is C13H11NOS. The number of para-hydroxylation sites is 1. The number of rotatable bonds is 1. The number of aliphatic hydroxyl groups is 1. The molecule has 2 rings (SSSR count). The Morgan fingerprint density at radius 1 is 1.19 bits per heavy atom. The number of nitrogens with two attached hydrogens (primary N) is 1. The number of thiophene rings is 1. The summed E-state index contributed by atoms with van der Waals surface area (Å²) in [7, 11) is 0. The molecule has 3 N–H and O–H groups in total. The van der Waals surface area contributed by atoms with E-state index in [-0.39, 0.29) is 0 Å². The van der Waals surface area contributed by atoms with Crippen LogP contribution in [0.1, 0.15) is 16.5 Å². The lowest BCUT2D eigenvalue weighted by molar-refractivity contribution is 0.242. The van der Waals surface area contributed by atoms with E-state index < -0.39 is 6.10 Å². The average molecular weight is 229 g/mol. The van der Waals surface area contributed by atoms with E-state index in [1.54, 1.807) is 6.07 Å². The van der Waals surface area contributed by atoms with E-state index in [2.05, 4.69) is 11.8 Å². The van der Waals surface area contributed by atoms with Gasteiger partial charge < -0.3 is 10.8 Å². The first-order valence-electron chi connectivity index (χ1n) is 4.85. The van der Waals surface area contributed by atoms with Crippen LogP contribution in [-0.2, 0) is 0 Å². The van der Waals surface area contributed by atoms with Crippen LogP contribution in [0.2, 0.25) is 0 Å². The van der Waals surface area contributed by atoms with Gasteiger partial charge in [-0.15, -0.1) is 11.3 Å². The second-order valence-electron chi connectivity index (χ2n) is 3.27. The lowest BCUT2D eigenvalue weighted by Crippen LogP contribution is -1.91. The first kappa shape index (κ1) is 10.7. The van der Waals surface area contributed by atoms with E-state index in [0.717, 1.165) is 10.4 Å². The van der Waals surface area contributed by atoms with Crippen molar-refractivity contribution >= 4 is 17.0 Å². The van der Waals surface area contributed by atoms with Crippen molar-refractivity contribution in [2.24, 2.45) is 0 Å². The number of nitrogen functional groups attached to an aromatic ring is 1. The van der Waals surface area contributed by atoms with Gasteiger partial charge in [-0.05, 0) is 23.6 Å². The van der Waals surface area contributed by atoms with Gasteiger partial charge in [0, 0.05) is 16.1 Å². The summed E-state index contributed by atoms with van der Waals surface area (Å²) in [6.07, 6.45) is -0.736. The maximum Gasteiger partial charge on any atom is 0.149 e. The highest BCUT2D eigenvalue weighted by Crippen LogP contribution is 2.18. The smallest absolute Gasteiger partial charge is 0.149 e. The van der Waals surface area contributed by atoms with Crippen LogP contribution in [0.25, 0.3) is 0 Å². The zero-order valence-corrected chi connectivity index (χ0v) is 9.37. The Balaban J connectivity index is 2.20. The highest BCUT2D eigenvalue weighted by molar-refractivity contribution is 7.10. The highest BCUT2D eigenvalue weighted by Gasteiger charge is 2.03. The molecular weight excluding hydrogens is 218 g/mol. The molecule has 0 bridgehead atoms. The van der Waals surface area contributed by atoms with E-state index in [4.69, 9.17) is 5.73 Å². The third-order valence-corrected chi connectivity index (χ3v) is 3.04. The van der Waals surface area contributed by atoms with Crippen molar-refractivity contribution in [3.05, 3.63) is 52.2 Å². The Bertz CT molecular complexity index is 522. The third kappa shape index (κ3) is 2.43. The standard InChI is InChI=1S/C13H11NOS/c14-11-5-2-1-4-10(11)7-8-12(15)13-6-3-9-16-13/h1-6,9,12,15H,14H2. The van der Waals surface area contributed by atoms with Gasteiger partial charge in [-0.3, -0.25) is 0 Å². The Kier molecular flexibility index (Phi) is 3.25. The second kappa shape index (κ2) is 4.84. The van der Waals surface area contributed by atoms with Gasteiger partial charge in [0.1, 0.15) is 6.10 Å². The summed E-state index contributed by atoms with van der Waals surface area (Å²) in [6.45, 7) is 0. The molecule has 0 aliphatic heterocycles. The van der Waals surface area contributed by atoms with Crippen LogP contribution in [0.4, 0.5) is 5.69 Å². The summed E-state index contributed by atoms with van der Waals surface area (Å²) in [5, 5.41) is 11.7. The third-order valence-electron chi connectivity index (χ3n) is 2.12. The van der Waals surface area contributed by atoms with Crippen LogP contribution < -0.4 is 5.73 Å². The molecule has 1 unspecified atom stereocenters. The van der Waals surface area contributed by atoms with Crippen molar-refractivity contribution in [3.8, 4) is 11.8 Å². The molecule has 2 aromatic rings. The predicted octanol–water partition coefficient (Wildman–Crippen LogP) is 2.42. The van der Waals surface area contributed by atoms with E-state index >= 15 is 0 Å². The predicted molar refractivity (Wildman–Crippen MR) is 67.0 cm³/mol. The van der Waals surface area contributed by atoms with Gasteiger partial charge in [0.25, 0.3) is 0 Å². The molecule has 0 saturated heterocycles. The molecule has 1 atom stereocenters. The highest BCUT2D eigenvalue weighted by atomic mass is 32.1. The Morgan fingerprint density at radius 2 is 2.00 bits per heavy atom. The summed E-state index contributed by atoms with van der Waals surface area (Å²) < 4.78 is 0. The van der Waals surface area contributed by atoms with Gasteiger partial charge in [-0.2, -0.15) is 0 Å². The molecule has 1 aromatic carbocycles. The monoisotopic (exact) mass is 229 g/mol. The van der Waals surface area contributed by atoms with Gasteiger partial charge in [-0.25, -0.2) is 0 Å². The van der Waals surface area contributed by atoms with Gasteiger partial charge in [0.05, 0.1) is 0 Å². The van der Waals surface area contributed by atoms with Crippen LogP contribution in [-0.4, -0.2) is 5.11 Å². The van der Waals surface area contributed by atoms with E-state index in [1.807, 2.05) is 35.7 Å². The van der Waals surface area contributed by atoms with E-state index in [1.165, 1.54) is 11.3 Å². The fourth-order valence-corrected chi connectivity index (χ4v) is 1.93. The molecule has 0 amide bonds. The van der Waals surface area contributed by atoms with Crippen LogP contribution in [0.5, 0.6) is 0 Å². The first-order valence-corrected chi connectivity index (χ1v) is 5.73. The fourth-order valence-electron chi connectivity index (χ4n) is 1.27. The number of hydrogen-bond acceptors (Lipinski definition) is 3. The lowest BCUT2D eigenvalue weighted by atomic mass is 10.2. The lowest BCUT2D eigenvalue weighted by Gasteiger charge is -1.98. The molecule has 0 aliphatic rings. The molecule has 0 fully saturated rings. The molecule has 1 aromatic heterocycles. The Hall–Kier alpha value is -1.76. The van der Waals surface area contributed by atoms with Crippen molar-refractivity contribution in [2.45, 2.75) is 6.10 Å². The number of anilines is 1. The van der Waals surface area contributed by atoms with Crippen molar-refractivity contribution in [3.63, 3.8) is 0 Å². The SMILES string of the molecule is Nc1ccccc1C#CC(O)c1cccs1. The molecule has 0 radical (unpaired) electrons. The molecule has 3 heteroatoms. The Morgan fingerprint density at radius 3 is 2.69 bits per heavy atom. The molecule has 16 heavy (non-hydrogen) atoms. The summed E-state index contributed by atoms with van der Waals surface area (Å²) in [5.74, 6) is 5.66. The average Bonchev–Trinajstić information content (AvgIpc) is 2.81. The summed E-state index contributed by atoms with van der Waals surface area (Å²) >= 11 is 1.49. The van der Waals surface area contributed by atoms with Gasteiger partial charge in [0.15, 0.2) is 0 Å². The summed E-state index contributed by atoms with van der Waals surface area (Å²) in [6, 6.07) is 11.1. The van der Waals surface area contributed by atoms with E-state index in [9.17, 15) is 5.11 Å². The minimum Gasteiger partial charge on any atom is -0.398 e. The largest absolute Gasteiger partial charge is 0.398 e. The Labute approximate surface area is 98.4 Å². The summed E-state index contributed by atoms with van der Waals surface area (Å²) in [4.78, 5) is 0.849.